The minimum atomic E-state index is -0.313. The standard InChI is InChI=1S/C19H27N3O3S/c1-12(17(20)23)22-8-6-19(7-9-22)14-11-16(26-15(14)5-10-25-19)18(24)21-13-3-2-4-13/h11-13H,2-10H2,1H3,(H2,20,23)(H,21,24). The van der Waals surface area contributed by atoms with Crippen molar-refractivity contribution in [3.63, 3.8) is 0 Å². The fraction of sp³-hybridized carbons (Fsp3) is 0.684. The van der Waals surface area contributed by atoms with E-state index in [1.165, 1.54) is 16.9 Å². The Morgan fingerprint density at radius 1 is 1.38 bits per heavy atom. The van der Waals surface area contributed by atoms with E-state index in [1.54, 1.807) is 11.3 Å². The summed E-state index contributed by atoms with van der Waals surface area (Å²) in [5.41, 5.74) is 6.33. The van der Waals surface area contributed by atoms with Crippen LogP contribution in [0.15, 0.2) is 6.07 Å². The predicted molar refractivity (Wildman–Crippen MR) is 100 cm³/mol. The summed E-state index contributed by atoms with van der Waals surface area (Å²) in [6, 6.07) is 2.16. The minimum Gasteiger partial charge on any atom is -0.370 e. The van der Waals surface area contributed by atoms with Crippen molar-refractivity contribution in [1.82, 2.24) is 10.2 Å². The van der Waals surface area contributed by atoms with Gasteiger partial charge >= 0.3 is 0 Å². The highest BCUT2D eigenvalue weighted by Crippen LogP contribution is 2.44. The predicted octanol–water partition coefficient (Wildman–Crippen LogP) is 1.77. The number of nitrogens with zero attached hydrogens (tertiary/aromatic N) is 1. The molecular weight excluding hydrogens is 350 g/mol. The number of nitrogens with one attached hydrogen (secondary N) is 1. The van der Waals surface area contributed by atoms with Crippen LogP contribution in [0, 0.1) is 0 Å². The average molecular weight is 378 g/mol. The van der Waals surface area contributed by atoms with Crippen molar-refractivity contribution in [2.24, 2.45) is 5.73 Å². The fourth-order valence-electron chi connectivity index (χ4n) is 4.20. The van der Waals surface area contributed by atoms with Gasteiger partial charge in [-0.3, -0.25) is 14.5 Å². The third-order valence-corrected chi connectivity index (χ3v) is 7.43. The van der Waals surface area contributed by atoms with Crippen molar-refractivity contribution < 1.29 is 14.3 Å². The third-order valence-electron chi connectivity index (χ3n) is 6.24. The highest BCUT2D eigenvalue weighted by Gasteiger charge is 2.43. The smallest absolute Gasteiger partial charge is 0.261 e. The molecule has 1 aromatic rings. The van der Waals surface area contributed by atoms with Crippen LogP contribution in [-0.4, -0.2) is 48.5 Å². The number of amides is 2. The lowest BCUT2D eigenvalue weighted by Gasteiger charge is -2.45. The molecule has 1 aliphatic carbocycles. The minimum absolute atomic E-state index is 0.0593. The van der Waals surface area contributed by atoms with Gasteiger partial charge in [-0.05, 0) is 50.7 Å². The lowest BCUT2D eigenvalue weighted by molar-refractivity contribution is -0.128. The second-order valence-electron chi connectivity index (χ2n) is 7.76. The Bertz CT molecular complexity index is 705. The van der Waals surface area contributed by atoms with Crippen LogP contribution in [-0.2, 0) is 21.6 Å². The summed E-state index contributed by atoms with van der Waals surface area (Å²) in [7, 11) is 0. The first-order valence-corrected chi connectivity index (χ1v) is 10.4. The van der Waals surface area contributed by atoms with Gasteiger partial charge in [-0.2, -0.15) is 0 Å². The number of fused-ring (bicyclic) bond motifs is 2. The van der Waals surface area contributed by atoms with Gasteiger partial charge < -0.3 is 15.8 Å². The van der Waals surface area contributed by atoms with Crippen molar-refractivity contribution in [2.45, 2.75) is 63.1 Å². The number of hydrogen-bond donors (Lipinski definition) is 2. The van der Waals surface area contributed by atoms with Crippen molar-refractivity contribution in [2.75, 3.05) is 19.7 Å². The van der Waals surface area contributed by atoms with E-state index in [1.807, 2.05) is 6.92 Å². The van der Waals surface area contributed by atoms with E-state index < -0.39 is 0 Å². The van der Waals surface area contributed by atoms with Crippen LogP contribution in [0.5, 0.6) is 0 Å². The summed E-state index contributed by atoms with van der Waals surface area (Å²) in [5.74, 6) is -0.222. The molecule has 6 nitrogen and oxygen atoms in total. The quantitative estimate of drug-likeness (QED) is 0.837. The molecule has 0 radical (unpaired) electrons. The van der Waals surface area contributed by atoms with Crippen LogP contribution in [0.2, 0.25) is 0 Å². The first kappa shape index (κ1) is 17.9. The molecule has 2 aliphatic heterocycles. The first-order valence-electron chi connectivity index (χ1n) is 9.60. The number of hydrogen-bond acceptors (Lipinski definition) is 5. The van der Waals surface area contributed by atoms with E-state index in [9.17, 15) is 9.59 Å². The number of rotatable bonds is 4. The number of carbonyl (C=O) groups excluding carboxylic acids is 2. The molecule has 3 heterocycles. The maximum Gasteiger partial charge on any atom is 0.261 e. The zero-order chi connectivity index (χ0) is 18.3. The van der Waals surface area contributed by atoms with Crippen LogP contribution in [0.4, 0.5) is 0 Å². The van der Waals surface area contributed by atoms with Crippen LogP contribution < -0.4 is 11.1 Å². The molecule has 1 unspecified atom stereocenters. The zero-order valence-corrected chi connectivity index (χ0v) is 16.1. The summed E-state index contributed by atoms with van der Waals surface area (Å²) >= 11 is 1.62. The third kappa shape index (κ3) is 3.17. The summed E-state index contributed by atoms with van der Waals surface area (Å²) in [6.07, 6.45) is 5.94. The maximum absolute atomic E-state index is 12.6. The van der Waals surface area contributed by atoms with Gasteiger partial charge in [-0.15, -0.1) is 11.3 Å². The summed E-state index contributed by atoms with van der Waals surface area (Å²) in [5, 5.41) is 3.14. The van der Waals surface area contributed by atoms with E-state index in [0.29, 0.717) is 12.6 Å². The van der Waals surface area contributed by atoms with Gasteiger partial charge in [0.05, 0.1) is 23.1 Å². The molecule has 3 aliphatic rings. The van der Waals surface area contributed by atoms with Crippen LogP contribution in [0.1, 0.15) is 59.1 Å². The molecule has 1 saturated carbocycles. The topological polar surface area (TPSA) is 84.7 Å². The number of likely N-dealkylation sites (tertiary alicyclic amines) is 1. The van der Waals surface area contributed by atoms with E-state index >= 15 is 0 Å². The summed E-state index contributed by atoms with van der Waals surface area (Å²) < 4.78 is 6.26. The van der Waals surface area contributed by atoms with E-state index in [2.05, 4.69) is 16.3 Å². The van der Waals surface area contributed by atoms with Gasteiger partial charge in [0.1, 0.15) is 0 Å². The van der Waals surface area contributed by atoms with Crippen LogP contribution in [0.25, 0.3) is 0 Å². The highest BCUT2D eigenvalue weighted by molar-refractivity contribution is 7.14. The van der Waals surface area contributed by atoms with Gasteiger partial charge in [0.15, 0.2) is 0 Å². The monoisotopic (exact) mass is 377 g/mol. The molecule has 0 aromatic carbocycles. The summed E-state index contributed by atoms with van der Waals surface area (Å²) in [6.45, 7) is 4.12. The van der Waals surface area contributed by atoms with Crippen molar-refractivity contribution in [1.29, 1.82) is 0 Å². The summed E-state index contributed by atoms with van der Waals surface area (Å²) in [4.78, 5) is 28.2. The Morgan fingerprint density at radius 3 is 2.73 bits per heavy atom. The Hall–Kier alpha value is -1.44. The molecule has 1 saturated heterocycles. The molecule has 0 bridgehead atoms. The largest absolute Gasteiger partial charge is 0.370 e. The molecule has 4 rings (SSSR count). The molecule has 142 valence electrons. The number of piperidine rings is 1. The van der Waals surface area contributed by atoms with Crippen molar-refractivity contribution in [3.8, 4) is 0 Å². The number of nitrogens with two attached hydrogens (primary N) is 1. The molecule has 2 fully saturated rings. The molecule has 3 N–H and O–H groups in total. The normalized spacial score (nSPS) is 23.9. The van der Waals surface area contributed by atoms with Crippen LogP contribution in [0.3, 0.4) is 0 Å². The van der Waals surface area contributed by atoms with E-state index in [-0.39, 0.29) is 23.5 Å². The van der Waals surface area contributed by atoms with Crippen molar-refractivity contribution >= 4 is 23.2 Å². The second kappa shape index (κ2) is 6.94. The Kier molecular flexibility index (Phi) is 4.79. The average Bonchev–Trinajstić information content (AvgIpc) is 3.04. The molecule has 1 atom stereocenters. The molecule has 26 heavy (non-hydrogen) atoms. The van der Waals surface area contributed by atoms with Gasteiger partial charge in [0.25, 0.3) is 5.91 Å². The maximum atomic E-state index is 12.6. The molecular formula is C19H27N3O3S. The fourth-order valence-corrected chi connectivity index (χ4v) is 5.34. The van der Waals surface area contributed by atoms with Gasteiger partial charge in [-0.25, -0.2) is 0 Å². The highest BCUT2D eigenvalue weighted by atomic mass is 32.1. The van der Waals surface area contributed by atoms with Gasteiger partial charge in [-0.1, -0.05) is 0 Å². The zero-order valence-electron chi connectivity index (χ0n) is 15.3. The van der Waals surface area contributed by atoms with E-state index in [0.717, 1.165) is 50.1 Å². The van der Waals surface area contributed by atoms with E-state index in [4.69, 9.17) is 10.5 Å². The lowest BCUT2D eigenvalue weighted by Crippen LogP contribution is -2.51. The molecule has 1 spiro atoms. The van der Waals surface area contributed by atoms with Crippen LogP contribution >= 0.6 is 11.3 Å². The van der Waals surface area contributed by atoms with Gasteiger partial charge in [0.2, 0.25) is 5.91 Å². The Morgan fingerprint density at radius 2 is 2.12 bits per heavy atom. The van der Waals surface area contributed by atoms with Gasteiger partial charge in [0, 0.05) is 30.4 Å². The molecule has 1 aromatic heterocycles. The first-order chi connectivity index (χ1) is 12.5. The molecule has 2 amide bonds. The SMILES string of the molecule is CC(C(N)=O)N1CCC2(CC1)OCCc1sc(C(=O)NC3CCC3)cc12. The number of primary amides is 1. The lowest BCUT2D eigenvalue weighted by atomic mass is 9.82. The second-order valence-corrected chi connectivity index (χ2v) is 8.89. The Balaban J connectivity index is 1.50. The Labute approximate surface area is 158 Å². The molecule has 7 heteroatoms. The number of thiophene rings is 1. The van der Waals surface area contributed by atoms with Crippen molar-refractivity contribution in [3.05, 3.63) is 21.4 Å². The number of carbonyl (C=O) groups is 2. The number of ether oxygens (including phenoxy) is 1.